The van der Waals surface area contributed by atoms with E-state index in [0.29, 0.717) is 19.5 Å². The average molecular weight is 376 g/mol. The average Bonchev–Trinajstić information content (AvgIpc) is 2.96. The number of urea groups is 1. The molecule has 0 spiro atoms. The van der Waals surface area contributed by atoms with Crippen molar-refractivity contribution in [3.05, 3.63) is 21.9 Å². The molecule has 1 aromatic heterocycles. The van der Waals surface area contributed by atoms with E-state index in [2.05, 4.69) is 22.0 Å². The molecule has 26 heavy (non-hydrogen) atoms. The van der Waals surface area contributed by atoms with E-state index in [1.54, 1.807) is 11.3 Å². The Kier molecular flexibility index (Phi) is 4.95. The Morgan fingerprint density at radius 2 is 1.77 bits per heavy atom. The van der Waals surface area contributed by atoms with Crippen LogP contribution < -0.4 is 16.0 Å². The minimum absolute atomic E-state index is 0.0205. The van der Waals surface area contributed by atoms with Crippen molar-refractivity contribution in [1.82, 2.24) is 16.0 Å². The van der Waals surface area contributed by atoms with Crippen LogP contribution in [0.15, 0.2) is 11.4 Å². The summed E-state index contributed by atoms with van der Waals surface area (Å²) in [5.74, 6) is 2.42. The molecule has 0 aliphatic heterocycles. The van der Waals surface area contributed by atoms with E-state index in [1.807, 2.05) is 12.3 Å². The second kappa shape index (κ2) is 7.22. The maximum atomic E-state index is 12.3. The smallest absolute Gasteiger partial charge is 0.315 e. The Balaban J connectivity index is 1.18. The summed E-state index contributed by atoms with van der Waals surface area (Å²) < 4.78 is 0. The van der Waals surface area contributed by atoms with Gasteiger partial charge in [-0.1, -0.05) is 0 Å². The number of thiophene rings is 1. The fourth-order valence-electron chi connectivity index (χ4n) is 5.69. The lowest BCUT2D eigenvalue weighted by Crippen LogP contribution is -2.61. The molecule has 0 saturated heterocycles. The van der Waals surface area contributed by atoms with Crippen molar-refractivity contribution in [2.75, 3.05) is 6.54 Å². The largest absolute Gasteiger partial charge is 0.351 e. The van der Waals surface area contributed by atoms with Crippen LogP contribution in [0.5, 0.6) is 0 Å². The molecule has 4 bridgehead atoms. The maximum Gasteiger partial charge on any atom is 0.315 e. The van der Waals surface area contributed by atoms with Gasteiger partial charge in [-0.25, -0.2) is 4.79 Å². The summed E-state index contributed by atoms with van der Waals surface area (Å²) in [5, 5.41) is 11.1. The van der Waals surface area contributed by atoms with E-state index in [4.69, 9.17) is 0 Å². The first-order valence-electron chi connectivity index (χ1n) is 9.87. The fraction of sp³-hybridized carbons (Fsp3) is 0.700. The number of amides is 3. The zero-order chi connectivity index (χ0) is 18.1. The van der Waals surface area contributed by atoms with Gasteiger partial charge in [-0.3, -0.25) is 4.79 Å². The standard InChI is InChI=1S/C20H29N3O2S/c1-13-3-5-26-17(13)12-22-18(24)2-4-21-19(25)23-20-9-14-6-15(10-20)8-16(7-14)11-20/h3,5,14-16H,2,4,6-12H2,1H3,(H,22,24)(H2,21,23,25). The van der Waals surface area contributed by atoms with E-state index in [-0.39, 0.29) is 17.5 Å². The molecule has 5 nitrogen and oxygen atoms in total. The van der Waals surface area contributed by atoms with Crippen LogP contribution in [-0.2, 0) is 11.3 Å². The molecule has 4 saturated carbocycles. The maximum absolute atomic E-state index is 12.3. The molecule has 3 amide bonds. The summed E-state index contributed by atoms with van der Waals surface area (Å²) in [4.78, 5) is 25.5. The van der Waals surface area contributed by atoms with Gasteiger partial charge in [-0.2, -0.15) is 0 Å². The number of hydrogen-bond acceptors (Lipinski definition) is 3. The second-order valence-corrected chi connectivity index (χ2v) is 9.63. The molecule has 1 heterocycles. The van der Waals surface area contributed by atoms with Crippen LogP contribution in [-0.4, -0.2) is 24.0 Å². The second-order valence-electron chi connectivity index (χ2n) is 8.63. The number of aryl methyl sites for hydroxylation is 1. The molecule has 142 valence electrons. The summed E-state index contributed by atoms with van der Waals surface area (Å²) in [6, 6.07) is 1.96. The van der Waals surface area contributed by atoms with Crippen LogP contribution in [0.4, 0.5) is 4.79 Å². The van der Waals surface area contributed by atoms with Gasteiger partial charge in [0.05, 0.1) is 6.54 Å². The van der Waals surface area contributed by atoms with Crippen molar-refractivity contribution in [1.29, 1.82) is 0 Å². The highest BCUT2D eigenvalue weighted by Crippen LogP contribution is 2.55. The van der Waals surface area contributed by atoms with Gasteiger partial charge in [-0.15, -0.1) is 11.3 Å². The summed E-state index contributed by atoms with van der Waals surface area (Å²) in [6.07, 6.45) is 7.86. The third kappa shape index (κ3) is 3.90. The van der Waals surface area contributed by atoms with Crippen LogP contribution in [0.3, 0.4) is 0 Å². The third-order valence-electron chi connectivity index (χ3n) is 6.47. The van der Waals surface area contributed by atoms with Gasteiger partial charge in [-0.05, 0) is 80.2 Å². The van der Waals surface area contributed by atoms with Gasteiger partial charge in [0.15, 0.2) is 0 Å². The highest BCUT2D eigenvalue weighted by Gasteiger charge is 2.51. The summed E-state index contributed by atoms with van der Waals surface area (Å²) in [5.41, 5.74) is 1.24. The Labute approximate surface area is 159 Å². The quantitative estimate of drug-likeness (QED) is 0.714. The lowest BCUT2D eigenvalue weighted by Gasteiger charge is -2.56. The van der Waals surface area contributed by atoms with Crippen LogP contribution in [0.1, 0.15) is 55.4 Å². The van der Waals surface area contributed by atoms with Crippen molar-refractivity contribution in [2.45, 2.75) is 64.0 Å². The SMILES string of the molecule is Cc1ccsc1CNC(=O)CCNC(=O)NC12CC3CC(CC(C3)C1)C2. The molecule has 5 rings (SSSR count). The molecule has 6 heteroatoms. The van der Waals surface area contributed by atoms with Gasteiger partial charge in [0, 0.05) is 23.4 Å². The fourth-order valence-corrected chi connectivity index (χ4v) is 6.54. The van der Waals surface area contributed by atoms with Crippen molar-refractivity contribution in [3.63, 3.8) is 0 Å². The summed E-state index contributed by atoms with van der Waals surface area (Å²) >= 11 is 1.66. The molecule has 0 unspecified atom stereocenters. The first-order chi connectivity index (χ1) is 12.5. The Morgan fingerprint density at radius 3 is 2.35 bits per heavy atom. The molecular formula is C20H29N3O2S. The lowest BCUT2D eigenvalue weighted by molar-refractivity contribution is -0.121. The highest BCUT2D eigenvalue weighted by molar-refractivity contribution is 7.10. The molecule has 0 aromatic carbocycles. The van der Waals surface area contributed by atoms with Crippen LogP contribution in [0, 0.1) is 24.7 Å². The van der Waals surface area contributed by atoms with Crippen LogP contribution >= 0.6 is 11.3 Å². The van der Waals surface area contributed by atoms with Gasteiger partial charge >= 0.3 is 6.03 Å². The van der Waals surface area contributed by atoms with Crippen molar-refractivity contribution in [2.24, 2.45) is 17.8 Å². The van der Waals surface area contributed by atoms with Crippen molar-refractivity contribution >= 4 is 23.3 Å². The van der Waals surface area contributed by atoms with Gasteiger partial charge in [0.25, 0.3) is 0 Å². The lowest BCUT2D eigenvalue weighted by atomic mass is 9.53. The minimum Gasteiger partial charge on any atom is -0.351 e. The number of carbonyl (C=O) groups is 2. The van der Waals surface area contributed by atoms with Crippen LogP contribution in [0.2, 0.25) is 0 Å². The van der Waals surface area contributed by atoms with E-state index in [9.17, 15) is 9.59 Å². The van der Waals surface area contributed by atoms with Crippen molar-refractivity contribution < 1.29 is 9.59 Å². The van der Waals surface area contributed by atoms with Gasteiger partial charge in [0.1, 0.15) is 0 Å². The number of nitrogens with one attached hydrogen (secondary N) is 3. The number of carbonyl (C=O) groups excluding carboxylic acids is 2. The summed E-state index contributed by atoms with van der Waals surface area (Å²) in [6.45, 7) is 3.00. The van der Waals surface area contributed by atoms with E-state index < -0.39 is 0 Å². The third-order valence-corrected chi connectivity index (χ3v) is 7.49. The van der Waals surface area contributed by atoms with Crippen LogP contribution in [0.25, 0.3) is 0 Å². The molecule has 0 radical (unpaired) electrons. The first kappa shape index (κ1) is 17.8. The van der Waals surface area contributed by atoms with E-state index in [0.717, 1.165) is 37.0 Å². The van der Waals surface area contributed by atoms with E-state index >= 15 is 0 Å². The zero-order valence-electron chi connectivity index (χ0n) is 15.5. The molecule has 4 aliphatic rings. The zero-order valence-corrected chi connectivity index (χ0v) is 16.3. The van der Waals surface area contributed by atoms with Crippen molar-refractivity contribution in [3.8, 4) is 0 Å². The monoisotopic (exact) mass is 375 g/mol. The Bertz CT molecular complexity index is 649. The molecule has 0 atom stereocenters. The molecule has 4 aliphatic carbocycles. The predicted octanol–water partition coefficient (Wildman–Crippen LogP) is 3.33. The molecular weight excluding hydrogens is 346 g/mol. The minimum atomic E-state index is -0.103. The number of rotatable bonds is 6. The molecule has 4 fully saturated rings. The first-order valence-corrected chi connectivity index (χ1v) is 10.7. The highest BCUT2D eigenvalue weighted by atomic mass is 32.1. The Morgan fingerprint density at radius 1 is 1.12 bits per heavy atom. The summed E-state index contributed by atoms with van der Waals surface area (Å²) in [7, 11) is 0. The molecule has 3 N–H and O–H groups in total. The number of hydrogen-bond donors (Lipinski definition) is 3. The topological polar surface area (TPSA) is 70.2 Å². The predicted molar refractivity (Wildman–Crippen MR) is 103 cm³/mol. The normalized spacial score (nSPS) is 31.7. The van der Waals surface area contributed by atoms with Gasteiger partial charge < -0.3 is 16.0 Å². The van der Waals surface area contributed by atoms with E-state index in [1.165, 1.54) is 29.7 Å². The van der Waals surface area contributed by atoms with Gasteiger partial charge in [0.2, 0.25) is 5.91 Å². The Hall–Kier alpha value is -1.56. The molecule has 1 aromatic rings.